The van der Waals surface area contributed by atoms with Gasteiger partial charge in [0.05, 0.1) is 19.0 Å². The number of piperidine rings is 1. The van der Waals surface area contributed by atoms with E-state index in [1.807, 2.05) is 19.1 Å². The molecule has 2 saturated heterocycles. The Morgan fingerprint density at radius 1 is 1.03 bits per heavy atom. The van der Waals surface area contributed by atoms with Gasteiger partial charge in [-0.2, -0.15) is 0 Å². The van der Waals surface area contributed by atoms with E-state index in [0.717, 1.165) is 66.6 Å². The van der Waals surface area contributed by atoms with Gasteiger partial charge in [0, 0.05) is 51.0 Å². The maximum absolute atomic E-state index is 12.8. The number of fused-ring (bicyclic) bond motifs is 1. The number of nitrogens with zero attached hydrogens (tertiary/aromatic N) is 5. The molecule has 37 heavy (non-hydrogen) atoms. The number of thiophene rings is 1. The van der Waals surface area contributed by atoms with Crippen LogP contribution < -0.4 is 14.5 Å². The first-order valence-electron chi connectivity index (χ1n) is 12.9. The van der Waals surface area contributed by atoms with Crippen molar-refractivity contribution in [3.8, 4) is 17.6 Å². The summed E-state index contributed by atoms with van der Waals surface area (Å²) >= 11 is 1.38. The Balaban J connectivity index is 1.12. The third-order valence-electron chi connectivity index (χ3n) is 7.04. The van der Waals surface area contributed by atoms with Gasteiger partial charge in [0.2, 0.25) is 0 Å². The molecule has 1 aromatic carbocycles. The first-order valence-corrected chi connectivity index (χ1v) is 13.7. The van der Waals surface area contributed by atoms with Crippen molar-refractivity contribution in [3.63, 3.8) is 0 Å². The van der Waals surface area contributed by atoms with Crippen molar-refractivity contribution in [2.24, 2.45) is 0 Å². The molecule has 9 heteroatoms. The van der Waals surface area contributed by atoms with Crippen molar-refractivity contribution in [1.82, 2.24) is 14.9 Å². The van der Waals surface area contributed by atoms with Crippen LogP contribution in [0.3, 0.4) is 0 Å². The number of methoxy groups -OCH3 is 1. The van der Waals surface area contributed by atoms with Crippen LogP contribution in [0.15, 0.2) is 30.6 Å². The summed E-state index contributed by atoms with van der Waals surface area (Å²) in [4.78, 5) is 30.2. The minimum Gasteiger partial charge on any atom is -0.497 e. The number of hydrogen-bond acceptors (Lipinski definition) is 9. The average Bonchev–Trinajstić information content (AvgIpc) is 3.30. The first-order chi connectivity index (χ1) is 18.1. The predicted molar refractivity (Wildman–Crippen MR) is 148 cm³/mol. The molecule has 0 atom stereocenters. The highest BCUT2D eigenvalue weighted by atomic mass is 32.1. The summed E-state index contributed by atoms with van der Waals surface area (Å²) in [7, 11) is 1.69. The van der Waals surface area contributed by atoms with Gasteiger partial charge < -0.3 is 19.3 Å². The number of hydrogen-bond donors (Lipinski definition) is 0. The van der Waals surface area contributed by atoms with E-state index in [-0.39, 0.29) is 12.6 Å². The Labute approximate surface area is 222 Å². The number of ether oxygens (including phenoxy) is 2. The zero-order valence-corrected chi connectivity index (χ0v) is 22.4. The van der Waals surface area contributed by atoms with Gasteiger partial charge in [0.1, 0.15) is 27.6 Å². The van der Waals surface area contributed by atoms with Gasteiger partial charge in [-0.3, -0.25) is 4.90 Å². The van der Waals surface area contributed by atoms with Gasteiger partial charge in [0.15, 0.2) is 6.61 Å². The molecule has 0 amide bonds. The number of esters is 1. The van der Waals surface area contributed by atoms with Crippen LogP contribution in [0.25, 0.3) is 10.2 Å². The SMILES string of the molecule is COc1cccc(N2CCN(CC#CCOC(=O)c3sc4ncnc(N5CCCCC5)c4c3C)CC2)c1. The number of carbonyl (C=O) groups is 1. The lowest BCUT2D eigenvalue weighted by molar-refractivity contribution is 0.0561. The summed E-state index contributed by atoms with van der Waals surface area (Å²) in [6.45, 7) is 8.46. The molecule has 3 aromatic rings. The number of piperazine rings is 1. The van der Waals surface area contributed by atoms with E-state index in [4.69, 9.17) is 9.47 Å². The summed E-state index contributed by atoms with van der Waals surface area (Å²) in [6, 6.07) is 8.18. The molecule has 0 bridgehead atoms. The second kappa shape index (κ2) is 11.8. The fraction of sp³-hybridized carbons (Fsp3) is 0.464. The van der Waals surface area contributed by atoms with Gasteiger partial charge >= 0.3 is 5.97 Å². The third kappa shape index (κ3) is 5.81. The van der Waals surface area contributed by atoms with Gasteiger partial charge in [-0.05, 0) is 43.9 Å². The number of rotatable bonds is 6. The van der Waals surface area contributed by atoms with E-state index in [1.165, 1.54) is 36.3 Å². The maximum Gasteiger partial charge on any atom is 0.349 e. The van der Waals surface area contributed by atoms with E-state index in [1.54, 1.807) is 13.4 Å². The highest BCUT2D eigenvalue weighted by molar-refractivity contribution is 7.20. The minimum atomic E-state index is -0.341. The molecule has 5 rings (SSSR count). The highest BCUT2D eigenvalue weighted by Gasteiger charge is 2.23. The van der Waals surface area contributed by atoms with E-state index >= 15 is 0 Å². The maximum atomic E-state index is 12.8. The normalized spacial score (nSPS) is 16.4. The second-order valence-corrected chi connectivity index (χ2v) is 10.4. The number of aromatic nitrogens is 2. The largest absolute Gasteiger partial charge is 0.497 e. The molecule has 8 nitrogen and oxygen atoms in total. The second-order valence-electron chi connectivity index (χ2n) is 9.38. The zero-order valence-electron chi connectivity index (χ0n) is 21.5. The summed E-state index contributed by atoms with van der Waals surface area (Å²) in [5.74, 6) is 7.64. The zero-order chi connectivity index (χ0) is 25.6. The number of carbonyl (C=O) groups excluding carboxylic acids is 1. The average molecular weight is 520 g/mol. The van der Waals surface area contributed by atoms with Crippen molar-refractivity contribution in [1.29, 1.82) is 0 Å². The molecule has 2 aliphatic rings. The summed E-state index contributed by atoms with van der Waals surface area (Å²) in [5.41, 5.74) is 2.08. The number of anilines is 2. The predicted octanol–water partition coefficient (Wildman–Crippen LogP) is 3.98. The molecule has 4 heterocycles. The number of benzene rings is 1. The third-order valence-corrected chi connectivity index (χ3v) is 8.22. The van der Waals surface area contributed by atoms with Crippen LogP contribution in [0.2, 0.25) is 0 Å². The van der Waals surface area contributed by atoms with E-state index in [2.05, 4.69) is 48.6 Å². The molecular formula is C28H33N5O3S. The summed E-state index contributed by atoms with van der Waals surface area (Å²) < 4.78 is 10.8. The monoisotopic (exact) mass is 519 g/mol. The summed E-state index contributed by atoms with van der Waals surface area (Å²) in [6.07, 6.45) is 5.19. The molecule has 0 spiro atoms. The van der Waals surface area contributed by atoms with Crippen molar-refractivity contribution in [2.75, 3.05) is 69.3 Å². The van der Waals surface area contributed by atoms with Crippen LogP contribution in [0.1, 0.15) is 34.5 Å². The van der Waals surface area contributed by atoms with Crippen molar-refractivity contribution in [2.45, 2.75) is 26.2 Å². The molecule has 2 fully saturated rings. The molecule has 0 aliphatic carbocycles. The van der Waals surface area contributed by atoms with E-state index in [9.17, 15) is 4.79 Å². The lowest BCUT2D eigenvalue weighted by Crippen LogP contribution is -2.46. The molecule has 0 radical (unpaired) electrons. The Kier molecular flexibility index (Phi) is 8.07. The lowest BCUT2D eigenvalue weighted by Gasteiger charge is -2.35. The van der Waals surface area contributed by atoms with Crippen LogP contribution in [-0.4, -0.2) is 80.4 Å². The quantitative estimate of drug-likeness (QED) is 0.358. The van der Waals surface area contributed by atoms with Gasteiger partial charge in [-0.15, -0.1) is 11.3 Å². The lowest BCUT2D eigenvalue weighted by atomic mass is 10.1. The Bertz CT molecular complexity index is 1300. The Hall–Kier alpha value is -3.35. The molecule has 0 saturated carbocycles. The van der Waals surface area contributed by atoms with Gasteiger partial charge in [0.25, 0.3) is 0 Å². The van der Waals surface area contributed by atoms with Crippen LogP contribution in [0.5, 0.6) is 5.75 Å². The molecule has 194 valence electrons. The molecule has 0 unspecified atom stereocenters. The fourth-order valence-corrected chi connectivity index (χ4v) is 5.99. The number of aryl methyl sites for hydroxylation is 1. The fourth-order valence-electron chi connectivity index (χ4n) is 4.95. The van der Waals surface area contributed by atoms with E-state index < -0.39 is 0 Å². The topological polar surface area (TPSA) is 71.0 Å². The van der Waals surface area contributed by atoms with Crippen LogP contribution in [0, 0.1) is 18.8 Å². The first kappa shape index (κ1) is 25.3. The van der Waals surface area contributed by atoms with Crippen LogP contribution in [-0.2, 0) is 4.74 Å². The molecule has 2 aromatic heterocycles. The van der Waals surface area contributed by atoms with Crippen LogP contribution >= 0.6 is 11.3 Å². The standard InChI is InChI=1S/C28H33N5O3S/c1-21-24-26(33-12-4-3-5-13-33)29-20-30-27(24)37-25(21)28(34)36-18-7-6-11-31-14-16-32(17-15-31)22-9-8-10-23(19-22)35-2/h8-10,19-20H,3-5,11-18H2,1-2H3. The van der Waals surface area contributed by atoms with Crippen molar-refractivity contribution < 1.29 is 14.3 Å². The van der Waals surface area contributed by atoms with Gasteiger partial charge in [-0.25, -0.2) is 14.8 Å². The molecular weight excluding hydrogens is 486 g/mol. The Morgan fingerprint density at radius 3 is 2.62 bits per heavy atom. The Morgan fingerprint density at radius 2 is 1.84 bits per heavy atom. The molecule has 0 N–H and O–H groups in total. The van der Waals surface area contributed by atoms with E-state index in [0.29, 0.717) is 11.4 Å². The highest BCUT2D eigenvalue weighted by Crippen LogP contribution is 2.36. The minimum absolute atomic E-state index is 0.0843. The van der Waals surface area contributed by atoms with Crippen molar-refractivity contribution >= 4 is 39.0 Å². The summed E-state index contributed by atoms with van der Waals surface area (Å²) in [5, 5.41) is 0.973. The van der Waals surface area contributed by atoms with Crippen molar-refractivity contribution in [3.05, 3.63) is 41.0 Å². The smallest absolute Gasteiger partial charge is 0.349 e. The molecule has 2 aliphatic heterocycles. The van der Waals surface area contributed by atoms with Gasteiger partial charge in [-0.1, -0.05) is 17.9 Å². The van der Waals surface area contributed by atoms with Crippen LogP contribution in [0.4, 0.5) is 11.5 Å².